The molecule has 0 spiro atoms. The van der Waals surface area contributed by atoms with Gasteiger partial charge in [-0.15, -0.1) is 0 Å². The Morgan fingerprint density at radius 2 is 1.37 bits per heavy atom. The van der Waals surface area contributed by atoms with Crippen LogP contribution in [-0.4, -0.2) is 43.8 Å². The van der Waals surface area contributed by atoms with Crippen molar-refractivity contribution in [2.75, 3.05) is 10.8 Å². The molecule has 0 heterocycles. The third-order valence-electron chi connectivity index (χ3n) is 7.38. The minimum atomic E-state index is -4.11. The van der Waals surface area contributed by atoms with Crippen LogP contribution in [0, 0.1) is 27.7 Å². The van der Waals surface area contributed by atoms with Crippen molar-refractivity contribution >= 4 is 27.5 Å². The number of hydrogen-bond acceptors (Lipinski definition) is 4. The van der Waals surface area contributed by atoms with Crippen molar-refractivity contribution in [3.63, 3.8) is 0 Å². The molecule has 0 unspecified atom stereocenters. The lowest BCUT2D eigenvalue weighted by molar-refractivity contribution is -0.140. The standard InChI is InChI=1S/C33H43N3O4S/c1-8-27(7)34-33(38)30(9-2)35(21-28-16-11-23(3)12-17-28)32(37)22-36(31-20-25(5)10-15-26(31)6)41(39,40)29-18-13-24(4)14-19-29/h10-20,27,30H,8-9,21-22H2,1-7H3,(H,34,38)/t27-,30+/m0/s1. The first kappa shape index (κ1) is 31.9. The summed E-state index contributed by atoms with van der Waals surface area (Å²) in [6.07, 6.45) is 1.14. The maximum Gasteiger partial charge on any atom is 0.264 e. The Balaban J connectivity index is 2.10. The summed E-state index contributed by atoms with van der Waals surface area (Å²) in [6.45, 7) is 13.1. The van der Waals surface area contributed by atoms with Crippen LogP contribution in [-0.2, 0) is 26.2 Å². The maximum atomic E-state index is 14.2. The number of nitrogens with zero attached hydrogens (tertiary/aromatic N) is 2. The minimum Gasteiger partial charge on any atom is -0.352 e. The largest absolute Gasteiger partial charge is 0.352 e. The van der Waals surface area contributed by atoms with Crippen molar-refractivity contribution < 1.29 is 18.0 Å². The van der Waals surface area contributed by atoms with Gasteiger partial charge in [0.1, 0.15) is 12.6 Å². The smallest absolute Gasteiger partial charge is 0.264 e. The highest BCUT2D eigenvalue weighted by Crippen LogP contribution is 2.29. The van der Waals surface area contributed by atoms with E-state index in [1.165, 1.54) is 9.21 Å². The number of sulfonamides is 1. The summed E-state index contributed by atoms with van der Waals surface area (Å²) in [4.78, 5) is 29.2. The van der Waals surface area contributed by atoms with E-state index in [0.717, 1.165) is 34.2 Å². The summed E-state index contributed by atoms with van der Waals surface area (Å²) in [5, 5.41) is 3.01. The summed E-state index contributed by atoms with van der Waals surface area (Å²) in [5.41, 5.74) is 4.91. The van der Waals surface area contributed by atoms with Gasteiger partial charge >= 0.3 is 0 Å². The molecule has 7 nitrogen and oxygen atoms in total. The molecule has 0 fully saturated rings. The summed E-state index contributed by atoms with van der Waals surface area (Å²) < 4.78 is 29.4. The van der Waals surface area contributed by atoms with Gasteiger partial charge in [-0.3, -0.25) is 13.9 Å². The van der Waals surface area contributed by atoms with Crippen molar-refractivity contribution in [2.24, 2.45) is 0 Å². The number of benzene rings is 3. The zero-order valence-electron chi connectivity index (χ0n) is 25.3. The molecule has 0 bridgehead atoms. The molecule has 2 amide bonds. The molecule has 0 aliphatic rings. The quantitative estimate of drug-likeness (QED) is 0.293. The first-order valence-electron chi connectivity index (χ1n) is 14.2. The van der Waals surface area contributed by atoms with Gasteiger partial charge < -0.3 is 10.2 Å². The highest BCUT2D eigenvalue weighted by Gasteiger charge is 2.34. The van der Waals surface area contributed by atoms with Gasteiger partial charge in [0.25, 0.3) is 10.0 Å². The molecule has 0 radical (unpaired) electrons. The van der Waals surface area contributed by atoms with Crippen LogP contribution >= 0.6 is 0 Å². The Hall–Kier alpha value is -3.65. The predicted molar refractivity (Wildman–Crippen MR) is 165 cm³/mol. The van der Waals surface area contributed by atoms with Gasteiger partial charge in [-0.25, -0.2) is 8.42 Å². The van der Waals surface area contributed by atoms with E-state index >= 15 is 0 Å². The van der Waals surface area contributed by atoms with E-state index in [1.54, 1.807) is 30.3 Å². The SMILES string of the molecule is CC[C@H](C(=O)N[C@@H](C)CC)N(Cc1ccc(C)cc1)C(=O)CN(c1cc(C)ccc1C)S(=O)(=O)c1ccc(C)cc1. The van der Waals surface area contributed by atoms with Crippen LogP contribution in [0.25, 0.3) is 0 Å². The van der Waals surface area contributed by atoms with E-state index in [2.05, 4.69) is 5.32 Å². The normalized spacial score (nSPS) is 12.9. The molecular formula is C33H43N3O4S. The summed E-state index contributed by atoms with van der Waals surface area (Å²) in [6, 6.07) is 19.1. The number of amides is 2. The number of anilines is 1. The predicted octanol–water partition coefficient (Wildman–Crippen LogP) is 5.84. The highest BCUT2D eigenvalue weighted by molar-refractivity contribution is 7.92. The van der Waals surface area contributed by atoms with Crippen LogP contribution in [0.5, 0.6) is 0 Å². The van der Waals surface area contributed by atoms with Crippen LogP contribution < -0.4 is 9.62 Å². The van der Waals surface area contributed by atoms with E-state index in [9.17, 15) is 18.0 Å². The number of carbonyl (C=O) groups is 2. The Bertz CT molecular complexity index is 1450. The van der Waals surface area contributed by atoms with Crippen LogP contribution in [0.15, 0.2) is 71.6 Å². The van der Waals surface area contributed by atoms with E-state index in [1.807, 2.05) is 84.9 Å². The molecule has 2 atom stereocenters. The van der Waals surface area contributed by atoms with Crippen LogP contribution in [0.1, 0.15) is 61.4 Å². The second-order valence-corrected chi connectivity index (χ2v) is 12.7. The van der Waals surface area contributed by atoms with Gasteiger partial charge in [-0.05, 0) is 82.3 Å². The average molecular weight is 578 g/mol. The Morgan fingerprint density at radius 1 is 0.805 bits per heavy atom. The van der Waals surface area contributed by atoms with Crippen LogP contribution in [0.4, 0.5) is 5.69 Å². The lowest BCUT2D eigenvalue weighted by atomic mass is 10.1. The Morgan fingerprint density at radius 3 is 1.93 bits per heavy atom. The van der Waals surface area contributed by atoms with Crippen LogP contribution in [0.3, 0.4) is 0 Å². The molecule has 3 aromatic rings. The molecule has 0 saturated heterocycles. The molecule has 0 aliphatic heterocycles. The van der Waals surface area contributed by atoms with Crippen LogP contribution in [0.2, 0.25) is 0 Å². The molecular weight excluding hydrogens is 534 g/mol. The van der Waals surface area contributed by atoms with Crippen molar-refractivity contribution in [1.82, 2.24) is 10.2 Å². The second-order valence-electron chi connectivity index (χ2n) is 10.9. The van der Waals surface area contributed by atoms with E-state index in [4.69, 9.17) is 0 Å². The molecule has 1 N–H and O–H groups in total. The van der Waals surface area contributed by atoms with Gasteiger partial charge in [-0.1, -0.05) is 73.5 Å². The van der Waals surface area contributed by atoms with Crippen molar-refractivity contribution in [3.05, 3.63) is 94.5 Å². The second kappa shape index (κ2) is 13.8. The van der Waals surface area contributed by atoms with Gasteiger partial charge in [0.2, 0.25) is 11.8 Å². The number of aryl methyl sites for hydroxylation is 4. The topological polar surface area (TPSA) is 86.8 Å². The molecule has 3 aromatic carbocycles. The number of hydrogen-bond donors (Lipinski definition) is 1. The molecule has 0 saturated carbocycles. The molecule has 0 aromatic heterocycles. The van der Waals surface area contributed by atoms with Crippen molar-refractivity contribution in [2.45, 2.75) is 84.8 Å². The third kappa shape index (κ3) is 7.97. The number of nitrogens with one attached hydrogen (secondary N) is 1. The fourth-order valence-electron chi connectivity index (χ4n) is 4.59. The third-order valence-corrected chi connectivity index (χ3v) is 9.16. The van der Waals surface area contributed by atoms with Gasteiger partial charge in [0, 0.05) is 12.6 Å². The lowest BCUT2D eigenvalue weighted by Crippen LogP contribution is -2.53. The number of carbonyl (C=O) groups excluding carboxylic acids is 2. The Labute approximate surface area is 245 Å². The average Bonchev–Trinajstić information content (AvgIpc) is 2.94. The van der Waals surface area contributed by atoms with Crippen molar-refractivity contribution in [3.8, 4) is 0 Å². The lowest BCUT2D eigenvalue weighted by Gasteiger charge is -2.34. The van der Waals surface area contributed by atoms with E-state index in [0.29, 0.717) is 12.1 Å². The summed E-state index contributed by atoms with van der Waals surface area (Å²) in [7, 11) is -4.11. The number of rotatable bonds is 12. The summed E-state index contributed by atoms with van der Waals surface area (Å²) >= 11 is 0. The van der Waals surface area contributed by atoms with E-state index < -0.39 is 28.5 Å². The zero-order valence-corrected chi connectivity index (χ0v) is 26.1. The monoisotopic (exact) mass is 577 g/mol. The first-order valence-corrected chi connectivity index (χ1v) is 15.6. The molecule has 0 aliphatic carbocycles. The van der Waals surface area contributed by atoms with Gasteiger partial charge in [0.05, 0.1) is 10.6 Å². The summed E-state index contributed by atoms with van der Waals surface area (Å²) in [5.74, 6) is -0.699. The molecule has 3 rings (SSSR count). The molecule has 8 heteroatoms. The minimum absolute atomic E-state index is 0.0544. The van der Waals surface area contributed by atoms with Gasteiger partial charge in [-0.2, -0.15) is 0 Å². The van der Waals surface area contributed by atoms with Crippen molar-refractivity contribution in [1.29, 1.82) is 0 Å². The van der Waals surface area contributed by atoms with Gasteiger partial charge in [0.15, 0.2) is 0 Å². The fourth-order valence-corrected chi connectivity index (χ4v) is 6.06. The fraction of sp³-hybridized carbons (Fsp3) is 0.394. The zero-order chi connectivity index (χ0) is 30.3. The molecule has 220 valence electrons. The van der Waals surface area contributed by atoms with E-state index in [-0.39, 0.29) is 23.4 Å². The molecule has 41 heavy (non-hydrogen) atoms. The first-order chi connectivity index (χ1) is 19.4. The Kier molecular flexibility index (Phi) is 10.7. The maximum absolute atomic E-state index is 14.2. The highest BCUT2D eigenvalue weighted by atomic mass is 32.2.